The van der Waals surface area contributed by atoms with Crippen LogP contribution in [0, 0.1) is 20.8 Å². The monoisotopic (exact) mass is 330 g/mol. The summed E-state index contributed by atoms with van der Waals surface area (Å²) < 4.78 is 7.29. The second-order valence-electron chi connectivity index (χ2n) is 7.30. The normalized spacial score (nSPS) is 15.9. The molecule has 2 heterocycles. The van der Waals surface area contributed by atoms with E-state index in [1.807, 2.05) is 34.6 Å². The standard InChI is InChI=1S/C18H26N4O2/c1-11-16(13(3)24-21-11)18(4,5)17(23)20-15-10-19-22(12(15)2)14-8-6-7-9-14/h10,14H,6-9H2,1-5H3,(H,20,23). The zero-order chi connectivity index (χ0) is 17.5. The van der Waals surface area contributed by atoms with E-state index in [-0.39, 0.29) is 5.91 Å². The lowest BCUT2D eigenvalue weighted by Gasteiger charge is -2.23. The molecule has 0 aromatic carbocycles. The second kappa shape index (κ2) is 6.07. The van der Waals surface area contributed by atoms with E-state index in [1.165, 1.54) is 25.7 Å². The molecule has 2 aromatic heterocycles. The molecule has 6 heteroatoms. The number of rotatable bonds is 4. The molecule has 1 aliphatic rings. The quantitative estimate of drug-likeness (QED) is 0.924. The van der Waals surface area contributed by atoms with E-state index in [1.54, 1.807) is 6.20 Å². The van der Waals surface area contributed by atoms with Crippen LogP contribution in [0.1, 0.15) is 68.3 Å². The van der Waals surface area contributed by atoms with Crippen molar-refractivity contribution < 1.29 is 9.32 Å². The van der Waals surface area contributed by atoms with Gasteiger partial charge in [-0.1, -0.05) is 18.0 Å². The molecule has 130 valence electrons. The molecular weight excluding hydrogens is 304 g/mol. The fraction of sp³-hybridized carbons (Fsp3) is 0.611. The number of amides is 1. The molecule has 1 N–H and O–H groups in total. The fourth-order valence-electron chi connectivity index (χ4n) is 3.83. The Labute approximate surface area is 142 Å². The van der Waals surface area contributed by atoms with E-state index >= 15 is 0 Å². The molecule has 0 atom stereocenters. The predicted molar refractivity (Wildman–Crippen MR) is 92.1 cm³/mol. The summed E-state index contributed by atoms with van der Waals surface area (Å²) in [4.78, 5) is 12.9. The third-order valence-electron chi connectivity index (χ3n) is 5.19. The summed E-state index contributed by atoms with van der Waals surface area (Å²) in [5.41, 5.74) is 2.68. The fourth-order valence-corrected chi connectivity index (χ4v) is 3.83. The Hall–Kier alpha value is -2.11. The van der Waals surface area contributed by atoms with Gasteiger partial charge in [0.05, 0.1) is 34.7 Å². The summed E-state index contributed by atoms with van der Waals surface area (Å²) in [6.07, 6.45) is 6.60. The Balaban J connectivity index is 1.82. The van der Waals surface area contributed by atoms with Crippen LogP contribution in [0.25, 0.3) is 0 Å². The van der Waals surface area contributed by atoms with Crippen molar-refractivity contribution in [1.82, 2.24) is 14.9 Å². The summed E-state index contributed by atoms with van der Waals surface area (Å²) in [7, 11) is 0. The van der Waals surface area contributed by atoms with Crippen molar-refractivity contribution in [1.29, 1.82) is 0 Å². The highest BCUT2D eigenvalue weighted by atomic mass is 16.5. The van der Waals surface area contributed by atoms with E-state index in [9.17, 15) is 4.79 Å². The van der Waals surface area contributed by atoms with Gasteiger partial charge in [-0.3, -0.25) is 9.48 Å². The number of anilines is 1. The van der Waals surface area contributed by atoms with Crippen LogP contribution >= 0.6 is 0 Å². The molecule has 2 aromatic rings. The maximum absolute atomic E-state index is 12.9. The molecule has 0 spiro atoms. The topological polar surface area (TPSA) is 73.0 Å². The van der Waals surface area contributed by atoms with Crippen molar-refractivity contribution in [3.05, 3.63) is 28.9 Å². The van der Waals surface area contributed by atoms with Crippen LogP contribution in [0.3, 0.4) is 0 Å². The third-order valence-corrected chi connectivity index (χ3v) is 5.19. The lowest BCUT2D eigenvalue weighted by atomic mass is 9.82. The molecule has 0 aliphatic heterocycles. The molecule has 0 unspecified atom stereocenters. The van der Waals surface area contributed by atoms with Crippen LogP contribution in [0.5, 0.6) is 0 Å². The summed E-state index contributed by atoms with van der Waals surface area (Å²) in [5.74, 6) is 0.608. The van der Waals surface area contributed by atoms with Crippen molar-refractivity contribution in [3.8, 4) is 0 Å². The van der Waals surface area contributed by atoms with Crippen molar-refractivity contribution in [2.75, 3.05) is 5.32 Å². The van der Waals surface area contributed by atoms with Gasteiger partial charge >= 0.3 is 0 Å². The smallest absolute Gasteiger partial charge is 0.234 e. The third kappa shape index (κ3) is 2.74. The van der Waals surface area contributed by atoms with Crippen molar-refractivity contribution in [2.45, 2.75) is 71.8 Å². The molecular formula is C18H26N4O2. The Kier molecular flexibility index (Phi) is 4.24. The Morgan fingerprint density at radius 2 is 1.96 bits per heavy atom. The van der Waals surface area contributed by atoms with E-state index in [0.29, 0.717) is 11.8 Å². The highest BCUT2D eigenvalue weighted by Crippen LogP contribution is 2.33. The molecule has 1 amide bonds. The maximum atomic E-state index is 12.9. The molecule has 24 heavy (non-hydrogen) atoms. The van der Waals surface area contributed by atoms with Crippen LogP contribution in [-0.2, 0) is 10.2 Å². The van der Waals surface area contributed by atoms with E-state index in [2.05, 4.69) is 20.3 Å². The Morgan fingerprint density at radius 3 is 2.54 bits per heavy atom. The minimum absolute atomic E-state index is 0.0778. The van der Waals surface area contributed by atoms with E-state index < -0.39 is 5.41 Å². The first-order valence-electron chi connectivity index (χ1n) is 8.61. The van der Waals surface area contributed by atoms with Gasteiger partial charge in [0.25, 0.3) is 0 Å². The minimum atomic E-state index is -0.726. The van der Waals surface area contributed by atoms with Gasteiger partial charge < -0.3 is 9.84 Å². The Bertz CT molecular complexity index is 732. The van der Waals surface area contributed by atoms with Gasteiger partial charge in [0, 0.05) is 5.56 Å². The number of nitrogens with one attached hydrogen (secondary N) is 1. The average molecular weight is 330 g/mol. The molecule has 0 bridgehead atoms. The number of aromatic nitrogens is 3. The van der Waals surface area contributed by atoms with Crippen molar-refractivity contribution in [2.24, 2.45) is 0 Å². The number of aryl methyl sites for hydroxylation is 2. The highest BCUT2D eigenvalue weighted by Gasteiger charge is 2.36. The second-order valence-corrected chi connectivity index (χ2v) is 7.30. The van der Waals surface area contributed by atoms with Crippen molar-refractivity contribution in [3.63, 3.8) is 0 Å². The highest BCUT2D eigenvalue weighted by molar-refractivity contribution is 5.99. The number of hydrogen-bond acceptors (Lipinski definition) is 4. The SMILES string of the molecule is Cc1noc(C)c1C(C)(C)C(=O)Nc1cnn(C2CCCC2)c1C. The van der Waals surface area contributed by atoms with Gasteiger partial charge in [-0.15, -0.1) is 0 Å². The van der Waals surface area contributed by atoms with E-state index in [0.717, 1.165) is 22.6 Å². The summed E-state index contributed by atoms with van der Waals surface area (Å²) in [6, 6.07) is 0.464. The van der Waals surface area contributed by atoms with Crippen LogP contribution in [-0.4, -0.2) is 20.8 Å². The molecule has 1 saturated carbocycles. The van der Waals surface area contributed by atoms with Crippen molar-refractivity contribution >= 4 is 11.6 Å². The largest absolute Gasteiger partial charge is 0.361 e. The van der Waals surface area contributed by atoms with Gasteiger partial charge in [0.15, 0.2) is 0 Å². The van der Waals surface area contributed by atoms with Gasteiger partial charge in [0.2, 0.25) is 5.91 Å². The molecule has 1 fully saturated rings. The number of hydrogen-bond donors (Lipinski definition) is 1. The molecule has 0 radical (unpaired) electrons. The number of nitrogens with zero attached hydrogens (tertiary/aromatic N) is 3. The summed E-state index contributed by atoms with van der Waals surface area (Å²) in [5, 5.41) is 11.5. The van der Waals surface area contributed by atoms with Crippen LogP contribution < -0.4 is 5.32 Å². The van der Waals surface area contributed by atoms with Gasteiger partial charge in [-0.2, -0.15) is 5.10 Å². The van der Waals surface area contributed by atoms with Gasteiger partial charge in [0.1, 0.15) is 5.76 Å². The zero-order valence-electron chi connectivity index (χ0n) is 15.1. The number of carbonyl (C=O) groups excluding carboxylic acids is 1. The molecule has 0 saturated heterocycles. The minimum Gasteiger partial charge on any atom is -0.361 e. The lowest BCUT2D eigenvalue weighted by molar-refractivity contribution is -0.120. The van der Waals surface area contributed by atoms with E-state index in [4.69, 9.17) is 4.52 Å². The first-order valence-corrected chi connectivity index (χ1v) is 8.61. The Morgan fingerprint density at radius 1 is 1.29 bits per heavy atom. The number of carbonyl (C=O) groups is 1. The average Bonchev–Trinajstić information content (AvgIpc) is 3.22. The zero-order valence-corrected chi connectivity index (χ0v) is 15.1. The summed E-state index contributed by atoms with van der Waals surface area (Å²) in [6.45, 7) is 9.51. The molecule has 6 nitrogen and oxygen atoms in total. The first kappa shape index (κ1) is 16.7. The van der Waals surface area contributed by atoms with Crippen LogP contribution in [0.15, 0.2) is 10.7 Å². The first-order chi connectivity index (χ1) is 11.3. The lowest BCUT2D eigenvalue weighted by Crippen LogP contribution is -2.35. The maximum Gasteiger partial charge on any atom is 0.234 e. The molecule has 1 aliphatic carbocycles. The van der Waals surface area contributed by atoms with Crippen LogP contribution in [0.4, 0.5) is 5.69 Å². The summed E-state index contributed by atoms with van der Waals surface area (Å²) >= 11 is 0. The predicted octanol–water partition coefficient (Wildman–Crippen LogP) is 3.83. The van der Waals surface area contributed by atoms with Gasteiger partial charge in [-0.05, 0) is 47.5 Å². The van der Waals surface area contributed by atoms with Gasteiger partial charge in [-0.25, -0.2) is 0 Å². The molecule has 3 rings (SSSR count). The van der Waals surface area contributed by atoms with Crippen LogP contribution in [0.2, 0.25) is 0 Å².